The second-order valence-corrected chi connectivity index (χ2v) is 6.86. The van der Waals surface area contributed by atoms with Gasteiger partial charge in [-0.3, -0.25) is 0 Å². The zero-order valence-corrected chi connectivity index (χ0v) is 15.5. The van der Waals surface area contributed by atoms with E-state index in [-0.39, 0.29) is 5.41 Å². The largest absolute Gasteiger partial charge is 0.382 e. The van der Waals surface area contributed by atoms with Crippen LogP contribution < -0.4 is 0 Å². The van der Waals surface area contributed by atoms with Crippen molar-refractivity contribution in [2.75, 3.05) is 7.11 Å². The van der Waals surface area contributed by atoms with Crippen molar-refractivity contribution in [1.82, 2.24) is 0 Å². The van der Waals surface area contributed by atoms with E-state index >= 15 is 0 Å². The molecule has 0 aliphatic carbocycles. The predicted molar refractivity (Wildman–Crippen MR) is 104 cm³/mol. The number of ether oxygens (including phenoxy) is 1. The summed E-state index contributed by atoms with van der Waals surface area (Å²) in [7, 11) is 1.81. The summed E-state index contributed by atoms with van der Waals surface area (Å²) in [4.78, 5) is 0. The Hall–Kier alpha value is -1.60. The van der Waals surface area contributed by atoms with Gasteiger partial charge in [-0.2, -0.15) is 0 Å². The minimum absolute atomic E-state index is 0.117. The van der Waals surface area contributed by atoms with Crippen LogP contribution in [0.25, 0.3) is 0 Å². The van der Waals surface area contributed by atoms with Gasteiger partial charge in [0.25, 0.3) is 0 Å². The van der Waals surface area contributed by atoms with E-state index in [1.54, 1.807) is 0 Å². The third kappa shape index (κ3) is 4.70. The maximum atomic E-state index is 5.46. The maximum Gasteiger partial charge on any atom is 0.0543 e. The molecule has 24 heavy (non-hydrogen) atoms. The van der Waals surface area contributed by atoms with Gasteiger partial charge < -0.3 is 4.74 Å². The fourth-order valence-corrected chi connectivity index (χ4v) is 3.67. The fraction of sp³-hybridized carbons (Fsp3) is 0.478. The van der Waals surface area contributed by atoms with Crippen molar-refractivity contribution >= 4 is 0 Å². The van der Waals surface area contributed by atoms with Crippen molar-refractivity contribution in [3.8, 4) is 0 Å². The molecule has 2 aromatic carbocycles. The first kappa shape index (κ1) is 18.7. The first-order valence-electron chi connectivity index (χ1n) is 9.37. The molecule has 0 heterocycles. The number of hydrogen-bond acceptors (Lipinski definition) is 1. The molecule has 1 atom stereocenters. The molecule has 2 aromatic rings. The predicted octanol–water partition coefficient (Wildman–Crippen LogP) is 6.37. The van der Waals surface area contributed by atoms with Gasteiger partial charge in [0.15, 0.2) is 0 Å². The van der Waals surface area contributed by atoms with Gasteiger partial charge in [-0.25, -0.2) is 0 Å². The average molecular weight is 325 g/mol. The highest BCUT2D eigenvalue weighted by molar-refractivity contribution is 5.39. The summed E-state index contributed by atoms with van der Waals surface area (Å²) < 4.78 is 5.46. The van der Waals surface area contributed by atoms with Gasteiger partial charge in [0.1, 0.15) is 0 Å². The third-order valence-electron chi connectivity index (χ3n) is 5.23. The Morgan fingerprint density at radius 3 is 1.79 bits per heavy atom. The smallest absolute Gasteiger partial charge is 0.0543 e. The lowest BCUT2D eigenvalue weighted by molar-refractivity contribution is 0.107. The van der Waals surface area contributed by atoms with Crippen LogP contribution >= 0.6 is 0 Å². The summed E-state index contributed by atoms with van der Waals surface area (Å²) in [5.41, 5.74) is 3.02. The highest BCUT2D eigenvalue weighted by Gasteiger charge is 2.33. The quantitative estimate of drug-likeness (QED) is 0.493. The van der Waals surface area contributed by atoms with Crippen LogP contribution in [0.4, 0.5) is 0 Å². The first-order chi connectivity index (χ1) is 11.7. The molecular formula is C23H32O. The minimum Gasteiger partial charge on any atom is -0.382 e. The van der Waals surface area contributed by atoms with Crippen LogP contribution in [0.15, 0.2) is 60.7 Å². The molecule has 0 spiro atoms. The Labute approximate surface area is 148 Å². The molecule has 0 bridgehead atoms. The van der Waals surface area contributed by atoms with E-state index in [4.69, 9.17) is 4.74 Å². The lowest BCUT2D eigenvalue weighted by Gasteiger charge is -2.36. The van der Waals surface area contributed by atoms with Crippen LogP contribution in [0.5, 0.6) is 0 Å². The summed E-state index contributed by atoms with van der Waals surface area (Å²) in [5, 5.41) is 0. The normalized spacial score (nSPS) is 13.0. The monoisotopic (exact) mass is 324 g/mol. The molecule has 2 rings (SSSR count). The molecule has 0 saturated carbocycles. The zero-order valence-electron chi connectivity index (χ0n) is 15.5. The van der Waals surface area contributed by atoms with Crippen LogP contribution in [0.3, 0.4) is 0 Å². The Bertz CT molecular complexity index is 522. The summed E-state index contributed by atoms with van der Waals surface area (Å²) in [6.07, 6.45) is 7.50. The maximum absolute atomic E-state index is 5.46. The summed E-state index contributed by atoms with van der Waals surface area (Å²) in [6.45, 7) is 4.45. The third-order valence-corrected chi connectivity index (χ3v) is 5.23. The van der Waals surface area contributed by atoms with Crippen molar-refractivity contribution in [2.24, 2.45) is 0 Å². The van der Waals surface area contributed by atoms with E-state index < -0.39 is 0 Å². The molecule has 1 nitrogen and oxygen atoms in total. The van der Waals surface area contributed by atoms with Crippen molar-refractivity contribution in [2.45, 2.75) is 63.9 Å². The van der Waals surface area contributed by atoms with Crippen LogP contribution in [-0.4, -0.2) is 13.2 Å². The molecule has 0 saturated heterocycles. The number of rotatable bonds is 10. The molecule has 130 valence electrons. The van der Waals surface area contributed by atoms with Crippen molar-refractivity contribution in [3.63, 3.8) is 0 Å². The van der Waals surface area contributed by atoms with Crippen molar-refractivity contribution in [1.29, 1.82) is 0 Å². The van der Waals surface area contributed by atoms with Gasteiger partial charge in [0.05, 0.1) is 6.10 Å². The molecule has 0 aromatic heterocycles. The zero-order chi connectivity index (χ0) is 17.3. The van der Waals surface area contributed by atoms with Crippen LogP contribution in [0.2, 0.25) is 0 Å². The first-order valence-corrected chi connectivity index (χ1v) is 9.37. The Morgan fingerprint density at radius 1 is 0.833 bits per heavy atom. The molecule has 0 fully saturated rings. The Balaban J connectivity index is 2.36. The van der Waals surface area contributed by atoms with Gasteiger partial charge >= 0.3 is 0 Å². The molecule has 1 heteroatoms. The molecule has 0 radical (unpaired) electrons. The van der Waals surface area contributed by atoms with Gasteiger partial charge in [-0.15, -0.1) is 0 Å². The van der Waals surface area contributed by atoms with Crippen LogP contribution in [-0.2, 0) is 10.2 Å². The lowest BCUT2D eigenvalue weighted by Crippen LogP contribution is -2.28. The fourth-order valence-electron chi connectivity index (χ4n) is 3.67. The van der Waals surface area contributed by atoms with E-state index in [0.29, 0.717) is 6.10 Å². The molecule has 0 amide bonds. The standard InChI is InChI=1S/C23H32O/c1-4-5-18-23(19-12-13-20(2)24-3,21-14-8-6-9-15-21)22-16-10-7-11-17-22/h6-11,14-17,20H,4-5,12-13,18-19H2,1-3H3. The van der Waals surface area contributed by atoms with E-state index in [2.05, 4.69) is 74.5 Å². The van der Waals surface area contributed by atoms with E-state index in [1.807, 2.05) is 7.11 Å². The van der Waals surface area contributed by atoms with Crippen molar-refractivity contribution < 1.29 is 4.74 Å². The number of unbranched alkanes of at least 4 members (excludes halogenated alkanes) is 1. The van der Waals surface area contributed by atoms with Crippen molar-refractivity contribution in [3.05, 3.63) is 71.8 Å². The van der Waals surface area contributed by atoms with Crippen LogP contribution in [0.1, 0.15) is 63.5 Å². The number of hydrogen-bond donors (Lipinski definition) is 0. The Morgan fingerprint density at radius 2 is 1.33 bits per heavy atom. The highest BCUT2D eigenvalue weighted by Crippen LogP contribution is 2.41. The van der Waals surface area contributed by atoms with E-state index in [0.717, 1.165) is 6.42 Å². The SMILES string of the molecule is CCCCC(CCCC(C)OC)(c1ccccc1)c1ccccc1. The molecule has 1 unspecified atom stereocenters. The molecule has 0 N–H and O–H groups in total. The summed E-state index contributed by atoms with van der Waals surface area (Å²) >= 11 is 0. The lowest BCUT2D eigenvalue weighted by atomic mass is 9.68. The minimum atomic E-state index is 0.117. The molecule has 0 aliphatic heterocycles. The van der Waals surface area contributed by atoms with Gasteiger partial charge in [0, 0.05) is 12.5 Å². The summed E-state index contributed by atoms with van der Waals surface area (Å²) in [6, 6.07) is 22.2. The highest BCUT2D eigenvalue weighted by atomic mass is 16.5. The molecule has 0 aliphatic rings. The Kier molecular flexibility index (Phi) is 7.52. The van der Waals surface area contributed by atoms with Gasteiger partial charge in [-0.1, -0.05) is 80.4 Å². The van der Waals surface area contributed by atoms with Crippen LogP contribution in [0, 0.1) is 0 Å². The van der Waals surface area contributed by atoms with Gasteiger partial charge in [-0.05, 0) is 43.7 Å². The topological polar surface area (TPSA) is 9.23 Å². The summed E-state index contributed by atoms with van der Waals surface area (Å²) in [5.74, 6) is 0. The second-order valence-electron chi connectivity index (χ2n) is 6.86. The second kappa shape index (κ2) is 9.64. The average Bonchev–Trinajstić information content (AvgIpc) is 2.66. The van der Waals surface area contributed by atoms with E-state index in [1.165, 1.54) is 43.2 Å². The number of benzene rings is 2. The van der Waals surface area contributed by atoms with E-state index in [9.17, 15) is 0 Å². The van der Waals surface area contributed by atoms with Gasteiger partial charge in [0.2, 0.25) is 0 Å². The molecular weight excluding hydrogens is 292 g/mol. The number of methoxy groups -OCH3 is 1.